The van der Waals surface area contributed by atoms with Gasteiger partial charge in [-0.25, -0.2) is 0 Å². The average Bonchev–Trinajstić information content (AvgIpc) is 2.84. The number of hydrogen-bond acceptors (Lipinski definition) is 3. The van der Waals surface area contributed by atoms with Crippen LogP contribution in [0.25, 0.3) is 0 Å². The lowest BCUT2D eigenvalue weighted by atomic mass is 9.48. The summed E-state index contributed by atoms with van der Waals surface area (Å²) in [5.41, 5.74) is 4.04. The molecule has 1 N–H and O–H groups in total. The molecule has 3 saturated carbocycles. The Morgan fingerprint density at radius 3 is 2.73 bits per heavy atom. The number of thiol groups is 1. The molecule has 0 aromatic heterocycles. The number of nitrogens with zero attached hydrogens (tertiary/aromatic N) is 1. The van der Waals surface area contributed by atoms with E-state index in [1.165, 1.54) is 63.5 Å². The number of rotatable bonds is 1. The van der Waals surface area contributed by atoms with Crippen LogP contribution in [0.3, 0.4) is 0 Å². The van der Waals surface area contributed by atoms with Crippen LogP contribution in [0.1, 0.15) is 71.6 Å². The number of hydrogen-bond donors (Lipinski definition) is 2. The van der Waals surface area contributed by atoms with Gasteiger partial charge >= 0.3 is 0 Å². The molecule has 0 aromatic carbocycles. The summed E-state index contributed by atoms with van der Waals surface area (Å²) in [6.45, 7) is 5.07. The number of nitrogens with one attached hydrogen (secondary N) is 1. The number of allylic oxidation sites excluding steroid dienone is 2. The predicted molar refractivity (Wildman–Crippen MR) is 95.9 cm³/mol. The third-order valence-corrected chi connectivity index (χ3v) is 8.04. The molecule has 0 spiro atoms. The molecule has 4 rings (SSSR count). The molecule has 0 aromatic rings. The fourth-order valence-corrected chi connectivity index (χ4v) is 6.85. The Hall–Kier alpha value is -0.440. The van der Waals surface area contributed by atoms with Crippen LogP contribution in [0.4, 0.5) is 0 Å². The molecule has 0 bridgehead atoms. The third kappa shape index (κ3) is 1.96. The van der Waals surface area contributed by atoms with E-state index < -0.39 is 0 Å². The van der Waals surface area contributed by atoms with Crippen LogP contribution in [0.2, 0.25) is 0 Å². The molecular formula is C19H30N2S. The first kappa shape index (κ1) is 15.1. The lowest BCUT2D eigenvalue weighted by Crippen LogP contribution is -2.49. The smallest absolute Gasteiger partial charge is 0.0450 e. The van der Waals surface area contributed by atoms with E-state index in [-0.39, 0.29) is 0 Å². The molecule has 0 heterocycles. The summed E-state index contributed by atoms with van der Waals surface area (Å²) in [7, 11) is 0. The van der Waals surface area contributed by atoms with Crippen LogP contribution in [-0.4, -0.2) is 5.71 Å². The molecule has 0 radical (unpaired) electrons. The molecule has 3 fully saturated rings. The Labute approximate surface area is 140 Å². The number of fused-ring (bicyclic) bond motifs is 5. The highest BCUT2D eigenvalue weighted by atomic mass is 32.1. The highest BCUT2D eigenvalue weighted by Crippen LogP contribution is 2.64. The zero-order valence-electron chi connectivity index (χ0n) is 14.1. The topological polar surface area (TPSA) is 24.4 Å². The van der Waals surface area contributed by atoms with Crippen molar-refractivity contribution in [3.8, 4) is 0 Å². The Morgan fingerprint density at radius 2 is 1.91 bits per heavy atom. The van der Waals surface area contributed by atoms with Gasteiger partial charge in [0, 0.05) is 11.1 Å². The SMILES string of the molecule is CC12CCCCC1=CCC1C2CCC2(C)/C(=N/NS)CCC12. The Kier molecular flexibility index (Phi) is 3.63. The predicted octanol–water partition coefficient (Wildman–Crippen LogP) is 5.13. The molecule has 0 saturated heterocycles. The normalized spacial score (nSPS) is 49.1. The monoisotopic (exact) mass is 318 g/mol. The molecule has 5 atom stereocenters. The fraction of sp³-hybridized carbons (Fsp3) is 0.842. The van der Waals surface area contributed by atoms with E-state index in [0.717, 1.165) is 17.8 Å². The maximum Gasteiger partial charge on any atom is 0.0450 e. The van der Waals surface area contributed by atoms with Gasteiger partial charge in [-0.3, -0.25) is 4.83 Å². The Balaban J connectivity index is 1.68. The lowest BCUT2D eigenvalue weighted by molar-refractivity contribution is -0.00622. The molecule has 0 amide bonds. The molecule has 4 aliphatic rings. The van der Waals surface area contributed by atoms with Crippen molar-refractivity contribution in [3.05, 3.63) is 11.6 Å². The van der Waals surface area contributed by atoms with Crippen LogP contribution in [0.5, 0.6) is 0 Å². The van der Waals surface area contributed by atoms with Gasteiger partial charge in [0.2, 0.25) is 0 Å². The summed E-state index contributed by atoms with van der Waals surface area (Å²) in [5.74, 6) is 2.65. The summed E-state index contributed by atoms with van der Waals surface area (Å²) in [4.78, 5) is 2.76. The average molecular weight is 319 g/mol. The van der Waals surface area contributed by atoms with Crippen molar-refractivity contribution in [2.45, 2.75) is 71.6 Å². The summed E-state index contributed by atoms with van der Waals surface area (Å²) in [5, 5.41) is 4.53. The van der Waals surface area contributed by atoms with Crippen molar-refractivity contribution < 1.29 is 0 Å². The summed E-state index contributed by atoms with van der Waals surface area (Å²) in [6.07, 6.45) is 14.9. The van der Waals surface area contributed by atoms with Gasteiger partial charge in [0.05, 0.1) is 0 Å². The maximum absolute atomic E-state index is 4.53. The van der Waals surface area contributed by atoms with Crippen molar-refractivity contribution in [1.82, 2.24) is 4.83 Å². The van der Waals surface area contributed by atoms with Gasteiger partial charge in [0.1, 0.15) is 0 Å². The Morgan fingerprint density at radius 1 is 1.09 bits per heavy atom. The maximum atomic E-state index is 4.53. The van der Waals surface area contributed by atoms with Crippen LogP contribution in [0, 0.1) is 28.6 Å². The van der Waals surface area contributed by atoms with Gasteiger partial charge in [-0.15, -0.1) is 0 Å². The van der Waals surface area contributed by atoms with Crippen LogP contribution in [0.15, 0.2) is 16.8 Å². The van der Waals surface area contributed by atoms with E-state index in [1.807, 2.05) is 5.57 Å². The molecule has 3 heteroatoms. The third-order valence-electron chi connectivity index (χ3n) is 7.94. The minimum atomic E-state index is 0.327. The molecule has 0 aliphatic heterocycles. The highest BCUT2D eigenvalue weighted by molar-refractivity contribution is 7.78. The minimum absolute atomic E-state index is 0.327. The largest absolute Gasteiger partial charge is 0.255 e. The zero-order valence-corrected chi connectivity index (χ0v) is 15.0. The zero-order chi connectivity index (χ0) is 15.4. The van der Waals surface area contributed by atoms with E-state index in [1.54, 1.807) is 0 Å². The van der Waals surface area contributed by atoms with Gasteiger partial charge in [-0.05, 0) is 74.5 Å². The molecule has 4 aliphatic carbocycles. The second-order valence-corrected chi connectivity index (χ2v) is 8.82. The van der Waals surface area contributed by atoms with E-state index in [9.17, 15) is 0 Å². The van der Waals surface area contributed by atoms with Crippen molar-refractivity contribution >= 4 is 18.5 Å². The molecule has 2 nitrogen and oxygen atoms in total. The second-order valence-electron chi connectivity index (χ2n) is 8.62. The van der Waals surface area contributed by atoms with E-state index in [4.69, 9.17) is 0 Å². The van der Waals surface area contributed by atoms with Gasteiger partial charge in [-0.1, -0.05) is 44.7 Å². The van der Waals surface area contributed by atoms with E-state index in [0.29, 0.717) is 10.8 Å². The summed E-state index contributed by atoms with van der Waals surface area (Å²) < 4.78 is 0. The van der Waals surface area contributed by atoms with E-state index >= 15 is 0 Å². The van der Waals surface area contributed by atoms with Crippen LogP contribution >= 0.6 is 12.8 Å². The van der Waals surface area contributed by atoms with Crippen molar-refractivity contribution in [1.29, 1.82) is 0 Å². The summed E-state index contributed by atoms with van der Waals surface area (Å²) >= 11 is 4.11. The molecule has 5 unspecified atom stereocenters. The highest BCUT2D eigenvalue weighted by Gasteiger charge is 2.57. The van der Waals surface area contributed by atoms with Crippen LogP contribution < -0.4 is 4.83 Å². The molecule has 22 heavy (non-hydrogen) atoms. The molecule has 122 valence electrons. The van der Waals surface area contributed by atoms with Crippen molar-refractivity contribution in [2.75, 3.05) is 0 Å². The van der Waals surface area contributed by atoms with Crippen molar-refractivity contribution in [3.63, 3.8) is 0 Å². The number of hydrazone groups is 1. The van der Waals surface area contributed by atoms with Crippen molar-refractivity contribution in [2.24, 2.45) is 33.7 Å². The quantitative estimate of drug-likeness (QED) is 0.391. The fourth-order valence-electron chi connectivity index (χ4n) is 6.73. The lowest BCUT2D eigenvalue weighted by Gasteiger charge is -2.56. The first-order valence-electron chi connectivity index (χ1n) is 9.25. The summed E-state index contributed by atoms with van der Waals surface area (Å²) in [6, 6.07) is 0. The second kappa shape index (κ2) is 5.29. The minimum Gasteiger partial charge on any atom is -0.255 e. The van der Waals surface area contributed by atoms with E-state index in [2.05, 4.69) is 42.7 Å². The van der Waals surface area contributed by atoms with Crippen LogP contribution in [-0.2, 0) is 0 Å². The molecular weight excluding hydrogens is 288 g/mol. The first-order valence-corrected chi connectivity index (χ1v) is 9.70. The van der Waals surface area contributed by atoms with Gasteiger partial charge in [0.15, 0.2) is 0 Å². The standard InChI is InChI=1S/C19H30N2S/c1-18-11-4-3-5-13(18)6-7-14-15-8-9-17(20-21-22)19(15,2)12-10-16(14)18/h6,14-16,21-22H,3-5,7-12H2,1-2H3/b20-17+. The van der Waals surface area contributed by atoms with Gasteiger partial charge < -0.3 is 0 Å². The van der Waals surface area contributed by atoms with Gasteiger partial charge in [0.25, 0.3) is 0 Å². The Bertz CT molecular complexity index is 526. The first-order chi connectivity index (χ1) is 10.6. The van der Waals surface area contributed by atoms with Gasteiger partial charge in [-0.2, -0.15) is 5.10 Å².